The molecule has 144 valence electrons. The van der Waals surface area contributed by atoms with Gasteiger partial charge in [-0.3, -0.25) is 4.79 Å². The first-order chi connectivity index (χ1) is 13.0. The second kappa shape index (κ2) is 8.23. The van der Waals surface area contributed by atoms with Crippen LogP contribution in [0.5, 0.6) is 17.2 Å². The van der Waals surface area contributed by atoms with Gasteiger partial charge in [-0.1, -0.05) is 6.07 Å². The summed E-state index contributed by atoms with van der Waals surface area (Å²) in [7, 11) is 3.25. The van der Waals surface area contributed by atoms with E-state index in [0.717, 1.165) is 35.1 Å². The molecule has 1 aliphatic carbocycles. The molecular weight excluding hydrogens is 362 g/mol. The molecule has 0 saturated carbocycles. The number of hydrogen-bond donors (Lipinski definition) is 1. The average molecular weight is 389 g/mol. The fourth-order valence-electron chi connectivity index (χ4n) is 3.66. The number of methoxy groups -OCH3 is 2. The molecule has 0 aliphatic heterocycles. The predicted molar refractivity (Wildman–Crippen MR) is 108 cm³/mol. The molecule has 0 radical (unpaired) electrons. The van der Waals surface area contributed by atoms with E-state index in [1.54, 1.807) is 20.3 Å². The van der Waals surface area contributed by atoms with Gasteiger partial charge >= 0.3 is 0 Å². The van der Waals surface area contributed by atoms with E-state index >= 15 is 0 Å². The van der Waals surface area contributed by atoms with Gasteiger partial charge in [-0.05, 0) is 48.9 Å². The summed E-state index contributed by atoms with van der Waals surface area (Å²) in [5.74, 6) is 1.89. The Morgan fingerprint density at radius 2 is 1.93 bits per heavy atom. The average Bonchev–Trinajstić information content (AvgIpc) is 2.90. The second-order valence-corrected chi connectivity index (χ2v) is 7.27. The van der Waals surface area contributed by atoms with E-state index in [-0.39, 0.29) is 11.5 Å². The topological polar surface area (TPSA) is 72.4 Å². The van der Waals surface area contributed by atoms with Gasteiger partial charge in [0.05, 0.1) is 25.7 Å². The SMILES string of the molecule is CCOc1cc2c(c(OC)c1OC)-c1ccc(SC)c(=O)cc1[C@@H]([NH3+])CC2. The van der Waals surface area contributed by atoms with Gasteiger partial charge < -0.3 is 19.9 Å². The van der Waals surface area contributed by atoms with Gasteiger partial charge in [-0.25, -0.2) is 0 Å². The van der Waals surface area contributed by atoms with Crippen LogP contribution in [0.4, 0.5) is 0 Å². The minimum atomic E-state index is 0.0217. The highest BCUT2D eigenvalue weighted by atomic mass is 32.2. The van der Waals surface area contributed by atoms with E-state index in [2.05, 4.69) is 5.73 Å². The first-order valence-corrected chi connectivity index (χ1v) is 10.2. The van der Waals surface area contributed by atoms with Crippen LogP contribution in [-0.2, 0) is 6.42 Å². The van der Waals surface area contributed by atoms with Crippen molar-refractivity contribution >= 4 is 11.8 Å². The van der Waals surface area contributed by atoms with Crippen LogP contribution in [0.25, 0.3) is 11.1 Å². The van der Waals surface area contributed by atoms with Crippen molar-refractivity contribution in [1.82, 2.24) is 0 Å². The van der Waals surface area contributed by atoms with E-state index in [0.29, 0.717) is 28.8 Å². The van der Waals surface area contributed by atoms with Crippen molar-refractivity contribution in [1.29, 1.82) is 0 Å². The molecule has 3 rings (SSSR count). The van der Waals surface area contributed by atoms with E-state index in [9.17, 15) is 4.79 Å². The van der Waals surface area contributed by atoms with Gasteiger partial charge in [0.25, 0.3) is 0 Å². The molecule has 0 fully saturated rings. The molecule has 1 atom stereocenters. The highest BCUT2D eigenvalue weighted by molar-refractivity contribution is 7.98. The molecule has 0 amide bonds. The highest BCUT2D eigenvalue weighted by Gasteiger charge is 2.29. The molecule has 27 heavy (non-hydrogen) atoms. The fraction of sp³-hybridized carbons (Fsp3) is 0.381. The zero-order valence-electron chi connectivity index (χ0n) is 16.3. The number of fused-ring (bicyclic) bond motifs is 3. The molecule has 0 heterocycles. The van der Waals surface area contributed by atoms with Crippen LogP contribution in [0.15, 0.2) is 34.0 Å². The third-order valence-corrected chi connectivity index (χ3v) is 5.70. The van der Waals surface area contributed by atoms with Crippen LogP contribution >= 0.6 is 11.8 Å². The van der Waals surface area contributed by atoms with E-state index in [1.165, 1.54) is 11.8 Å². The lowest BCUT2D eigenvalue weighted by atomic mass is 9.95. The largest absolute Gasteiger partial charge is 0.492 e. The number of thioether (sulfide) groups is 1. The Balaban J connectivity index is 2.40. The lowest BCUT2D eigenvalue weighted by Gasteiger charge is -2.19. The summed E-state index contributed by atoms with van der Waals surface area (Å²) in [5.41, 5.74) is 8.34. The van der Waals surface area contributed by atoms with Gasteiger partial charge in [0.2, 0.25) is 5.75 Å². The smallest absolute Gasteiger partial charge is 0.203 e. The number of hydrogen-bond acceptors (Lipinski definition) is 5. The van der Waals surface area contributed by atoms with E-state index < -0.39 is 0 Å². The van der Waals surface area contributed by atoms with Crippen molar-refractivity contribution in [2.75, 3.05) is 27.1 Å². The lowest BCUT2D eigenvalue weighted by Crippen LogP contribution is -2.53. The Bertz CT molecular complexity index is 914. The normalized spacial score (nSPS) is 15.4. The Kier molecular flexibility index (Phi) is 5.97. The second-order valence-electron chi connectivity index (χ2n) is 6.42. The zero-order valence-corrected chi connectivity index (χ0v) is 17.1. The quantitative estimate of drug-likeness (QED) is 0.797. The maximum Gasteiger partial charge on any atom is 0.203 e. The molecule has 0 spiro atoms. The summed E-state index contributed by atoms with van der Waals surface area (Å²) in [6, 6.07) is 7.68. The van der Waals surface area contributed by atoms with Crippen LogP contribution in [-0.4, -0.2) is 27.1 Å². The number of rotatable bonds is 5. The summed E-state index contributed by atoms with van der Waals surface area (Å²) in [6.45, 7) is 2.48. The molecular formula is C21H26NO4S+. The maximum absolute atomic E-state index is 12.6. The Morgan fingerprint density at radius 3 is 2.56 bits per heavy atom. The maximum atomic E-state index is 12.6. The molecule has 6 heteroatoms. The van der Waals surface area contributed by atoms with Crippen LogP contribution in [0.1, 0.15) is 30.5 Å². The first kappa shape index (κ1) is 19.6. The molecule has 0 aromatic heterocycles. The van der Waals surface area contributed by atoms with E-state index in [4.69, 9.17) is 14.2 Å². The molecule has 0 saturated heterocycles. The van der Waals surface area contributed by atoms with Crippen molar-refractivity contribution in [2.45, 2.75) is 30.7 Å². The van der Waals surface area contributed by atoms with Gasteiger partial charge in [-0.15, -0.1) is 11.8 Å². The number of benzene rings is 1. The summed E-state index contributed by atoms with van der Waals surface area (Å²) in [6.07, 6.45) is 3.58. The third kappa shape index (κ3) is 3.51. The fourth-order valence-corrected chi connectivity index (χ4v) is 4.12. The number of ether oxygens (including phenoxy) is 3. The molecule has 0 bridgehead atoms. The van der Waals surface area contributed by atoms with Crippen LogP contribution in [0.2, 0.25) is 0 Å². The van der Waals surface area contributed by atoms with Crippen LogP contribution < -0.4 is 25.4 Å². The van der Waals surface area contributed by atoms with Crippen molar-refractivity contribution in [3.8, 4) is 28.4 Å². The Morgan fingerprint density at radius 1 is 1.19 bits per heavy atom. The van der Waals surface area contributed by atoms with E-state index in [1.807, 2.05) is 31.4 Å². The summed E-state index contributed by atoms with van der Waals surface area (Å²) < 4.78 is 17.2. The Labute approximate surface area is 163 Å². The summed E-state index contributed by atoms with van der Waals surface area (Å²) in [5, 5.41) is 0. The van der Waals surface area contributed by atoms with Crippen molar-refractivity contribution in [2.24, 2.45) is 0 Å². The lowest BCUT2D eigenvalue weighted by molar-refractivity contribution is -0.427. The molecule has 5 nitrogen and oxygen atoms in total. The zero-order chi connectivity index (χ0) is 19.6. The van der Waals surface area contributed by atoms with Crippen LogP contribution in [0, 0.1) is 0 Å². The highest BCUT2D eigenvalue weighted by Crippen LogP contribution is 2.49. The van der Waals surface area contributed by atoms with Gasteiger partial charge in [0, 0.05) is 17.5 Å². The number of quaternary nitrogens is 1. The van der Waals surface area contributed by atoms with Crippen molar-refractivity contribution in [3.05, 3.63) is 45.6 Å². The minimum Gasteiger partial charge on any atom is -0.492 e. The van der Waals surface area contributed by atoms with Crippen molar-refractivity contribution < 1.29 is 19.9 Å². The van der Waals surface area contributed by atoms with Crippen molar-refractivity contribution in [3.63, 3.8) is 0 Å². The molecule has 0 unspecified atom stereocenters. The summed E-state index contributed by atoms with van der Waals surface area (Å²) >= 11 is 1.45. The number of aryl methyl sites for hydroxylation is 1. The van der Waals surface area contributed by atoms with Crippen LogP contribution in [0.3, 0.4) is 0 Å². The summed E-state index contributed by atoms with van der Waals surface area (Å²) in [4.78, 5) is 13.3. The molecule has 2 aromatic carbocycles. The molecule has 2 aromatic rings. The van der Waals surface area contributed by atoms with Gasteiger partial charge in [0.15, 0.2) is 16.9 Å². The standard InChI is InChI=1S/C21H25NO4S/c1-5-26-17-10-12-6-8-15(22)14-11-16(23)18(27-4)9-7-13(14)19(12)21(25-3)20(17)24-2/h7,9-11,15H,5-6,8,22H2,1-4H3/p+1/t15-/m0/s1. The predicted octanol–water partition coefficient (Wildman–Crippen LogP) is 3.08. The Hall–Kier alpha value is -2.18. The van der Waals surface area contributed by atoms with Gasteiger partial charge in [-0.2, -0.15) is 0 Å². The third-order valence-electron chi connectivity index (χ3n) is 4.92. The monoisotopic (exact) mass is 388 g/mol. The minimum absolute atomic E-state index is 0.0217. The molecule has 1 aliphatic rings. The first-order valence-electron chi connectivity index (χ1n) is 9.02. The van der Waals surface area contributed by atoms with Gasteiger partial charge in [0.1, 0.15) is 6.04 Å². The molecule has 3 N–H and O–H groups in total.